The van der Waals surface area contributed by atoms with Gasteiger partial charge in [0.1, 0.15) is 10.4 Å². The van der Waals surface area contributed by atoms with Gasteiger partial charge in [0, 0.05) is 17.8 Å². The van der Waals surface area contributed by atoms with Crippen molar-refractivity contribution in [3.8, 4) is 0 Å². The molecular formula is C18H19ClN2O4S2. The Morgan fingerprint density at radius 1 is 1.26 bits per heavy atom. The highest BCUT2D eigenvalue weighted by Crippen LogP contribution is 2.32. The van der Waals surface area contributed by atoms with Gasteiger partial charge in [-0.25, -0.2) is 13.1 Å². The number of carbonyl (C=O) groups excluding carboxylic acids is 2. The molecule has 0 saturated carbocycles. The molecule has 0 spiro atoms. The van der Waals surface area contributed by atoms with Crippen LogP contribution in [0.2, 0.25) is 5.02 Å². The predicted octanol–water partition coefficient (Wildman–Crippen LogP) is 2.83. The highest BCUT2D eigenvalue weighted by atomic mass is 35.5. The van der Waals surface area contributed by atoms with Crippen LogP contribution in [0.4, 0.5) is 0 Å². The third-order valence-electron chi connectivity index (χ3n) is 4.73. The smallest absolute Gasteiger partial charge is 0.265 e. The van der Waals surface area contributed by atoms with Gasteiger partial charge in [-0.15, -0.1) is 11.3 Å². The van der Waals surface area contributed by atoms with Gasteiger partial charge in [-0.1, -0.05) is 29.8 Å². The highest BCUT2D eigenvalue weighted by Gasteiger charge is 2.50. The van der Waals surface area contributed by atoms with E-state index in [1.807, 2.05) is 17.5 Å². The fraction of sp³-hybridized carbons (Fsp3) is 0.333. The van der Waals surface area contributed by atoms with E-state index < -0.39 is 21.5 Å². The van der Waals surface area contributed by atoms with Crippen LogP contribution in [-0.4, -0.2) is 37.2 Å². The Bertz CT molecular complexity index is 960. The molecule has 1 aromatic carbocycles. The monoisotopic (exact) mass is 426 g/mol. The van der Waals surface area contributed by atoms with Crippen molar-refractivity contribution in [2.75, 3.05) is 6.54 Å². The number of halogens is 1. The zero-order valence-corrected chi connectivity index (χ0v) is 17.0. The maximum absolute atomic E-state index is 12.7. The number of aryl methyl sites for hydroxylation is 1. The third kappa shape index (κ3) is 4.02. The Kier molecular flexibility index (Phi) is 5.60. The fourth-order valence-electron chi connectivity index (χ4n) is 2.96. The van der Waals surface area contributed by atoms with E-state index in [9.17, 15) is 18.0 Å². The Hall–Kier alpha value is -1.90. The van der Waals surface area contributed by atoms with Crippen molar-refractivity contribution in [2.24, 2.45) is 0 Å². The van der Waals surface area contributed by atoms with E-state index in [1.165, 1.54) is 23.1 Å². The van der Waals surface area contributed by atoms with Crippen molar-refractivity contribution >= 4 is 44.8 Å². The number of hydrogen-bond acceptors (Lipinski definition) is 5. The number of rotatable bonds is 6. The van der Waals surface area contributed by atoms with Crippen LogP contribution in [-0.2, 0) is 26.0 Å². The molecular weight excluding hydrogens is 408 g/mol. The normalized spacial score (nSPS) is 19.4. The number of nitrogens with one attached hydrogen (secondary N) is 1. The summed E-state index contributed by atoms with van der Waals surface area (Å²) in [5.41, 5.74) is -1.18. The van der Waals surface area contributed by atoms with Gasteiger partial charge in [0.2, 0.25) is 5.91 Å². The summed E-state index contributed by atoms with van der Waals surface area (Å²) >= 11 is 7.50. The second kappa shape index (κ2) is 7.61. The van der Waals surface area contributed by atoms with E-state index in [0.717, 1.165) is 4.88 Å². The lowest BCUT2D eigenvalue weighted by molar-refractivity contribution is -0.156. The first-order valence-electron chi connectivity index (χ1n) is 8.39. The van der Waals surface area contributed by atoms with Gasteiger partial charge >= 0.3 is 0 Å². The fourth-order valence-corrected chi connectivity index (χ4v) is 5.27. The predicted molar refractivity (Wildman–Crippen MR) is 104 cm³/mol. The maximum Gasteiger partial charge on any atom is 0.265 e. The largest absolute Gasteiger partial charge is 0.328 e. The molecule has 1 aliphatic heterocycles. The molecule has 144 valence electrons. The Labute approximate surface area is 167 Å². The van der Waals surface area contributed by atoms with Crippen LogP contribution in [0.5, 0.6) is 0 Å². The molecule has 1 aromatic heterocycles. The van der Waals surface area contributed by atoms with Crippen LogP contribution in [0.25, 0.3) is 0 Å². The first kappa shape index (κ1) is 19.9. The van der Waals surface area contributed by atoms with E-state index in [2.05, 4.69) is 4.72 Å². The Balaban J connectivity index is 1.68. The molecule has 9 heteroatoms. The lowest BCUT2D eigenvalue weighted by atomic mass is 9.85. The quantitative estimate of drug-likeness (QED) is 0.769. The second-order valence-corrected chi connectivity index (χ2v) is 9.60. The minimum atomic E-state index is -4.11. The molecule has 1 atom stereocenters. The number of benzene rings is 1. The van der Waals surface area contributed by atoms with Crippen LogP contribution >= 0.6 is 22.9 Å². The lowest BCUT2D eigenvalue weighted by Gasteiger charge is -2.49. The molecule has 2 aromatic rings. The SMILES string of the molecule is CC1(C(=O)NS(=O)(=O)c2ccccc2Cl)CCN1C(=O)CCc1cccs1. The Morgan fingerprint density at radius 2 is 2.00 bits per heavy atom. The van der Waals surface area contributed by atoms with E-state index in [-0.39, 0.29) is 22.2 Å². The van der Waals surface area contributed by atoms with Crippen molar-refractivity contribution in [2.45, 2.75) is 36.6 Å². The number of hydrogen-bond donors (Lipinski definition) is 1. The number of likely N-dealkylation sites (tertiary alicyclic amines) is 1. The van der Waals surface area contributed by atoms with Crippen LogP contribution in [0.3, 0.4) is 0 Å². The topological polar surface area (TPSA) is 83.6 Å². The van der Waals surface area contributed by atoms with Crippen LogP contribution in [0, 0.1) is 0 Å². The summed E-state index contributed by atoms with van der Waals surface area (Å²) in [7, 11) is -4.11. The molecule has 1 unspecified atom stereocenters. The standard InChI is InChI=1S/C18H19ClN2O4S2/c1-18(10-11-21(18)16(22)9-8-13-5-4-12-26-13)17(23)20-27(24,25)15-7-3-2-6-14(15)19/h2-7,12H,8-11H2,1H3,(H,20,23). The molecule has 3 rings (SSSR count). The number of amides is 2. The van der Waals surface area contributed by atoms with Gasteiger partial charge in [0.05, 0.1) is 5.02 Å². The number of sulfonamides is 1. The summed E-state index contributed by atoms with van der Waals surface area (Å²) < 4.78 is 27.0. The van der Waals surface area contributed by atoms with E-state index in [1.54, 1.807) is 24.3 Å². The van der Waals surface area contributed by atoms with E-state index >= 15 is 0 Å². The van der Waals surface area contributed by atoms with E-state index in [0.29, 0.717) is 19.4 Å². The summed E-state index contributed by atoms with van der Waals surface area (Å²) in [6, 6.07) is 9.76. The zero-order chi connectivity index (χ0) is 19.7. The molecule has 1 aliphatic rings. The van der Waals surface area contributed by atoms with Crippen molar-refractivity contribution in [3.05, 3.63) is 51.7 Å². The van der Waals surface area contributed by atoms with Crippen LogP contribution in [0.1, 0.15) is 24.6 Å². The first-order chi connectivity index (χ1) is 12.7. The average Bonchev–Trinajstić information content (AvgIpc) is 3.11. The third-order valence-corrected chi connectivity index (χ3v) is 7.49. The Morgan fingerprint density at radius 3 is 2.59 bits per heavy atom. The zero-order valence-electron chi connectivity index (χ0n) is 14.6. The molecule has 6 nitrogen and oxygen atoms in total. The molecule has 2 amide bonds. The highest BCUT2D eigenvalue weighted by molar-refractivity contribution is 7.90. The second-order valence-electron chi connectivity index (χ2n) is 6.51. The molecule has 27 heavy (non-hydrogen) atoms. The molecule has 1 fully saturated rings. The summed E-state index contributed by atoms with van der Waals surface area (Å²) in [5, 5.41) is 1.97. The average molecular weight is 427 g/mol. The summed E-state index contributed by atoms with van der Waals surface area (Å²) in [4.78, 5) is 27.5. The molecule has 0 radical (unpaired) electrons. The van der Waals surface area contributed by atoms with Crippen molar-refractivity contribution in [1.29, 1.82) is 0 Å². The summed E-state index contributed by atoms with van der Waals surface area (Å²) in [5.74, 6) is -0.888. The molecule has 0 bridgehead atoms. The van der Waals surface area contributed by atoms with E-state index in [4.69, 9.17) is 11.6 Å². The number of nitrogens with zero attached hydrogens (tertiary/aromatic N) is 1. The van der Waals surface area contributed by atoms with Gasteiger partial charge in [0.15, 0.2) is 0 Å². The minimum absolute atomic E-state index is 0.0282. The molecule has 1 N–H and O–H groups in total. The van der Waals surface area contributed by atoms with Gasteiger partial charge in [-0.2, -0.15) is 0 Å². The van der Waals surface area contributed by atoms with Gasteiger partial charge in [-0.3, -0.25) is 9.59 Å². The van der Waals surface area contributed by atoms with Gasteiger partial charge < -0.3 is 4.90 Å². The molecule has 1 saturated heterocycles. The van der Waals surface area contributed by atoms with Crippen molar-refractivity contribution in [1.82, 2.24) is 9.62 Å². The summed E-state index contributed by atoms with van der Waals surface area (Å²) in [6.45, 7) is 2.01. The van der Waals surface area contributed by atoms with Crippen LogP contribution < -0.4 is 4.72 Å². The molecule has 0 aliphatic carbocycles. The minimum Gasteiger partial charge on any atom is -0.328 e. The van der Waals surface area contributed by atoms with Crippen molar-refractivity contribution < 1.29 is 18.0 Å². The summed E-state index contributed by atoms with van der Waals surface area (Å²) in [6.07, 6.45) is 1.28. The van der Waals surface area contributed by atoms with Gasteiger partial charge in [0.25, 0.3) is 15.9 Å². The lowest BCUT2D eigenvalue weighted by Crippen LogP contribution is -2.67. The van der Waals surface area contributed by atoms with Gasteiger partial charge in [-0.05, 0) is 43.3 Å². The number of thiophene rings is 1. The van der Waals surface area contributed by atoms with Crippen LogP contribution in [0.15, 0.2) is 46.7 Å². The molecule has 2 heterocycles. The first-order valence-corrected chi connectivity index (χ1v) is 11.1. The van der Waals surface area contributed by atoms with Crippen molar-refractivity contribution in [3.63, 3.8) is 0 Å². The number of carbonyl (C=O) groups is 2. The maximum atomic E-state index is 12.7.